The Bertz CT molecular complexity index is 352. The Morgan fingerprint density at radius 1 is 1.41 bits per heavy atom. The average Bonchev–Trinajstić information content (AvgIpc) is 2.89. The quantitative estimate of drug-likeness (QED) is 0.807. The fraction of sp³-hybridized carbons (Fsp3) is 0.667. The number of anilines is 1. The van der Waals surface area contributed by atoms with Crippen LogP contribution in [0.1, 0.15) is 18.4 Å². The molecule has 0 atom stereocenters. The lowest BCUT2D eigenvalue weighted by Crippen LogP contribution is -2.32. The third kappa shape index (κ3) is 3.14. The molecule has 1 saturated heterocycles. The van der Waals surface area contributed by atoms with Gasteiger partial charge >= 0.3 is 0 Å². The predicted octanol–water partition coefficient (Wildman–Crippen LogP) is 0.501. The highest BCUT2D eigenvalue weighted by atomic mass is 16.3. The van der Waals surface area contributed by atoms with Gasteiger partial charge in [-0.2, -0.15) is 0 Å². The number of hydrogen-bond acceptors (Lipinski definition) is 5. The molecular formula is C12H20N4O. The molecule has 0 aromatic carbocycles. The van der Waals surface area contributed by atoms with Crippen LogP contribution in [0.5, 0.6) is 0 Å². The van der Waals surface area contributed by atoms with E-state index in [2.05, 4.69) is 19.8 Å². The van der Waals surface area contributed by atoms with E-state index in [1.54, 1.807) is 6.20 Å². The first-order chi connectivity index (χ1) is 8.31. The monoisotopic (exact) mass is 236 g/mol. The van der Waals surface area contributed by atoms with Crippen molar-refractivity contribution in [2.45, 2.75) is 19.4 Å². The summed E-state index contributed by atoms with van der Waals surface area (Å²) in [4.78, 5) is 12.7. The molecular weight excluding hydrogens is 216 g/mol. The lowest BCUT2D eigenvalue weighted by molar-refractivity contribution is 0.281. The summed E-state index contributed by atoms with van der Waals surface area (Å²) in [5.74, 6) is 0.835. The molecule has 1 N–H and O–H groups in total. The zero-order valence-electron chi connectivity index (χ0n) is 10.3. The molecule has 0 unspecified atom stereocenters. The molecule has 2 rings (SSSR count). The summed E-state index contributed by atoms with van der Waals surface area (Å²) in [6.07, 6.45) is 5.84. The van der Waals surface area contributed by atoms with Gasteiger partial charge in [0.2, 0.25) is 0 Å². The van der Waals surface area contributed by atoms with Gasteiger partial charge < -0.3 is 14.9 Å². The Morgan fingerprint density at radius 3 is 2.88 bits per heavy atom. The summed E-state index contributed by atoms with van der Waals surface area (Å²) in [5.41, 5.74) is 0.788. The smallest absolute Gasteiger partial charge is 0.137 e. The molecule has 94 valence electrons. The molecule has 1 aliphatic rings. The van der Waals surface area contributed by atoms with Gasteiger partial charge in [0.15, 0.2) is 0 Å². The first-order valence-corrected chi connectivity index (χ1v) is 6.14. The van der Waals surface area contributed by atoms with E-state index in [0.29, 0.717) is 0 Å². The van der Waals surface area contributed by atoms with Gasteiger partial charge in [-0.1, -0.05) is 0 Å². The van der Waals surface area contributed by atoms with Crippen LogP contribution < -0.4 is 4.90 Å². The van der Waals surface area contributed by atoms with Crippen molar-refractivity contribution in [3.63, 3.8) is 0 Å². The number of hydrogen-bond donors (Lipinski definition) is 1. The van der Waals surface area contributed by atoms with Crippen LogP contribution in [0, 0.1) is 0 Å². The lowest BCUT2D eigenvalue weighted by Gasteiger charge is -2.23. The fourth-order valence-electron chi connectivity index (χ4n) is 2.21. The van der Waals surface area contributed by atoms with Crippen LogP contribution in [0.15, 0.2) is 12.5 Å². The fourth-order valence-corrected chi connectivity index (χ4v) is 2.21. The Morgan fingerprint density at radius 2 is 2.18 bits per heavy atom. The Labute approximate surface area is 102 Å². The van der Waals surface area contributed by atoms with Gasteiger partial charge in [-0.05, 0) is 25.9 Å². The molecule has 17 heavy (non-hydrogen) atoms. The Kier molecular flexibility index (Phi) is 4.28. The molecule has 1 fully saturated rings. The van der Waals surface area contributed by atoms with Gasteiger partial charge in [0, 0.05) is 31.9 Å². The summed E-state index contributed by atoms with van der Waals surface area (Å²) in [6.45, 7) is 4.41. The van der Waals surface area contributed by atoms with Crippen LogP contribution in [0.4, 0.5) is 5.82 Å². The van der Waals surface area contributed by atoms with Crippen molar-refractivity contribution in [3.8, 4) is 0 Å². The highest BCUT2D eigenvalue weighted by molar-refractivity contribution is 5.44. The van der Waals surface area contributed by atoms with Gasteiger partial charge in [0.25, 0.3) is 0 Å². The van der Waals surface area contributed by atoms with Gasteiger partial charge in [0.1, 0.15) is 12.1 Å². The van der Waals surface area contributed by atoms with Gasteiger partial charge in [-0.15, -0.1) is 0 Å². The molecule has 0 aliphatic carbocycles. The van der Waals surface area contributed by atoms with E-state index >= 15 is 0 Å². The summed E-state index contributed by atoms with van der Waals surface area (Å²) in [5, 5.41) is 9.23. The van der Waals surface area contributed by atoms with E-state index in [9.17, 15) is 5.11 Å². The molecule has 0 bridgehead atoms. The van der Waals surface area contributed by atoms with Crippen LogP contribution in [-0.4, -0.2) is 53.2 Å². The highest BCUT2D eigenvalue weighted by Gasteiger charge is 2.13. The maximum absolute atomic E-state index is 9.23. The van der Waals surface area contributed by atoms with E-state index in [4.69, 9.17) is 0 Å². The molecule has 1 aromatic rings. The van der Waals surface area contributed by atoms with Gasteiger partial charge in [-0.25, -0.2) is 9.97 Å². The van der Waals surface area contributed by atoms with Crippen molar-refractivity contribution in [1.82, 2.24) is 14.9 Å². The van der Waals surface area contributed by atoms with E-state index in [0.717, 1.165) is 24.5 Å². The van der Waals surface area contributed by atoms with E-state index in [-0.39, 0.29) is 6.61 Å². The second kappa shape index (κ2) is 5.93. The van der Waals surface area contributed by atoms with Crippen molar-refractivity contribution >= 4 is 5.82 Å². The lowest BCUT2D eigenvalue weighted by atomic mass is 10.3. The number of likely N-dealkylation sites (N-methyl/N-ethyl adjacent to an activating group) is 1. The third-order valence-corrected chi connectivity index (χ3v) is 3.25. The normalized spacial score (nSPS) is 16.4. The zero-order chi connectivity index (χ0) is 12.1. The molecule has 1 aromatic heterocycles. The second-order valence-electron chi connectivity index (χ2n) is 4.50. The van der Waals surface area contributed by atoms with Crippen molar-refractivity contribution in [3.05, 3.63) is 18.1 Å². The average molecular weight is 236 g/mol. The maximum Gasteiger partial charge on any atom is 0.137 e. The van der Waals surface area contributed by atoms with Crippen LogP contribution in [0.3, 0.4) is 0 Å². The number of aliphatic hydroxyl groups excluding tert-OH is 1. The highest BCUT2D eigenvalue weighted by Crippen LogP contribution is 2.14. The summed E-state index contributed by atoms with van der Waals surface area (Å²) in [6, 6.07) is 0. The van der Waals surface area contributed by atoms with E-state index in [1.807, 2.05) is 7.05 Å². The zero-order valence-corrected chi connectivity index (χ0v) is 10.3. The molecule has 2 heterocycles. The first kappa shape index (κ1) is 12.3. The van der Waals surface area contributed by atoms with Gasteiger partial charge in [0.05, 0.1) is 6.61 Å². The SMILES string of the molecule is CN(CCN1CCCC1)c1ncncc1CO. The summed E-state index contributed by atoms with van der Waals surface area (Å²) < 4.78 is 0. The van der Waals surface area contributed by atoms with Gasteiger partial charge in [-0.3, -0.25) is 0 Å². The van der Waals surface area contributed by atoms with E-state index < -0.39 is 0 Å². The van der Waals surface area contributed by atoms with Crippen molar-refractivity contribution in [2.24, 2.45) is 0 Å². The summed E-state index contributed by atoms with van der Waals surface area (Å²) >= 11 is 0. The standard InChI is InChI=1S/C12H20N4O/c1-15(6-7-16-4-2-3-5-16)12-11(9-17)8-13-10-14-12/h8,10,17H,2-7,9H2,1H3. The van der Waals surface area contributed by atoms with Crippen LogP contribution in [0.25, 0.3) is 0 Å². The minimum atomic E-state index is -0.00969. The Balaban J connectivity index is 1.91. The van der Waals surface area contributed by atoms with Crippen molar-refractivity contribution in [2.75, 3.05) is 38.1 Å². The minimum Gasteiger partial charge on any atom is -0.391 e. The largest absolute Gasteiger partial charge is 0.391 e. The molecule has 0 amide bonds. The summed E-state index contributed by atoms with van der Waals surface area (Å²) in [7, 11) is 2.01. The number of aromatic nitrogens is 2. The van der Waals surface area contributed by atoms with Crippen molar-refractivity contribution in [1.29, 1.82) is 0 Å². The minimum absolute atomic E-state index is 0.00969. The predicted molar refractivity (Wildman–Crippen MR) is 66.9 cm³/mol. The number of aliphatic hydroxyl groups is 1. The van der Waals surface area contributed by atoms with E-state index in [1.165, 1.54) is 32.3 Å². The molecule has 5 heteroatoms. The second-order valence-corrected chi connectivity index (χ2v) is 4.50. The third-order valence-electron chi connectivity index (χ3n) is 3.25. The van der Waals surface area contributed by atoms with Crippen molar-refractivity contribution < 1.29 is 5.11 Å². The van der Waals surface area contributed by atoms with Crippen LogP contribution in [0.2, 0.25) is 0 Å². The number of rotatable bonds is 5. The topological polar surface area (TPSA) is 52.5 Å². The molecule has 5 nitrogen and oxygen atoms in total. The molecule has 1 aliphatic heterocycles. The molecule has 0 saturated carbocycles. The number of likely N-dealkylation sites (tertiary alicyclic amines) is 1. The number of nitrogens with zero attached hydrogens (tertiary/aromatic N) is 4. The molecule has 0 spiro atoms. The molecule has 0 radical (unpaired) electrons. The Hall–Kier alpha value is -1.20. The van der Waals surface area contributed by atoms with Crippen LogP contribution in [-0.2, 0) is 6.61 Å². The first-order valence-electron chi connectivity index (χ1n) is 6.14. The van der Waals surface area contributed by atoms with Crippen LogP contribution >= 0.6 is 0 Å². The maximum atomic E-state index is 9.23.